The summed E-state index contributed by atoms with van der Waals surface area (Å²) >= 11 is -1.03. The molecule has 140 valence electrons. The van der Waals surface area contributed by atoms with Crippen molar-refractivity contribution in [2.75, 3.05) is 0 Å². The summed E-state index contributed by atoms with van der Waals surface area (Å²) in [6, 6.07) is 0. The minimum absolute atomic E-state index is 0.479. The van der Waals surface area contributed by atoms with Gasteiger partial charge in [-0.2, -0.15) is 0 Å². The normalized spacial score (nSPS) is 11.0. The molecule has 0 saturated heterocycles. The van der Waals surface area contributed by atoms with Gasteiger partial charge in [0.05, 0.1) is 0 Å². The van der Waals surface area contributed by atoms with Crippen LogP contribution in [0.1, 0.15) is 98.8 Å². The van der Waals surface area contributed by atoms with Gasteiger partial charge in [0.25, 0.3) is 0 Å². The van der Waals surface area contributed by atoms with Gasteiger partial charge in [0.1, 0.15) is 0 Å². The molecule has 0 atom stereocenters. The molecule has 0 aromatic carbocycles. The standard InChI is InChI=1S/C12H27Ge.C9H21Ge/c1-4-7-10-13(11-8-5-2)12-9-6-3;1-4-6-8-10(3)9-7-5-2/h4-12H2,1-3H3;4-9H2,1-3H3. The van der Waals surface area contributed by atoms with E-state index in [2.05, 4.69) is 40.4 Å². The SMILES string of the molecule is CCC[CH2][Ge]([CH2]CCC)[CH2]CCC.CCC[CH2][Ge]([CH3])[CH2]CCC. The van der Waals surface area contributed by atoms with Gasteiger partial charge in [-0.3, -0.25) is 0 Å². The van der Waals surface area contributed by atoms with Crippen molar-refractivity contribution < 1.29 is 0 Å². The zero-order chi connectivity index (χ0) is 17.8. The van der Waals surface area contributed by atoms with Crippen LogP contribution in [0.5, 0.6) is 0 Å². The summed E-state index contributed by atoms with van der Waals surface area (Å²) < 4.78 is 0. The summed E-state index contributed by atoms with van der Waals surface area (Å²) in [5, 5.41) is 8.16. The Morgan fingerprint density at radius 2 is 0.696 bits per heavy atom. The Balaban J connectivity index is 0. The third-order valence-electron chi connectivity index (χ3n) is 4.57. The van der Waals surface area contributed by atoms with E-state index in [-0.39, 0.29) is 0 Å². The van der Waals surface area contributed by atoms with Crippen molar-refractivity contribution >= 4 is 28.7 Å². The molecular formula is C21H48Ge2. The summed E-state index contributed by atoms with van der Waals surface area (Å²) in [5.74, 6) is 2.55. The molecule has 0 nitrogen and oxygen atoms in total. The Labute approximate surface area is 159 Å². The van der Waals surface area contributed by atoms with Crippen LogP contribution >= 0.6 is 0 Å². The van der Waals surface area contributed by atoms with Crippen LogP contribution in [-0.2, 0) is 0 Å². The fraction of sp³-hybridized carbons (Fsp3) is 1.00. The molecule has 0 fully saturated rings. The fourth-order valence-corrected chi connectivity index (χ4v) is 14.2. The van der Waals surface area contributed by atoms with Crippen LogP contribution in [0.2, 0.25) is 32.0 Å². The summed E-state index contributed by atoms with van der Waals surface area (Å²) in [6.07, 6.45) is 14.6. The van der Waals surface area contributed by atoms with E-state index in [1.807, 2.05) is 0 Å². The molecule has 0 saturated carbocycles. The molecule has 0 amide bonds. The zero-order valence-corrected chi connectivity index (χ0v) is 21.8. The predicted octanol–water partition coefficient (Wildman–Crippen LogP) is 8.59. The van der Waals surface area contributed by atoms with Crippen molar-refractivity contribution in [2.45, 2.75) is 131 Å². The Kier molecular flexibility index (Phi) is 26.4. The molecule has 0 aromatic heterocycles. The van der Waals surface area contributed by atoms with Gasteiger partial charge < -0.3 is 0 Å². The average Bonchev–Trinajstić information content (AvgIpc) is 2.58. The molecule has 0 rings (SSSR count). The van der Waals surface area contributed by atoms with Gasteiger partial charge in [-0.05, 0) is 0 Å². The van der Waals surface area contributed by atoms with Crippen LogP contribution in [0, 0.1) is 0 Å². The predicted molar refractivity (Wildman–Crippen MR) is 116 cm³/mol. The molecule has 0 spiro atoms. The molecule has 0 aliphatic rings. The van der Waals surface area contributed by atoms with Crippen LogP contribution in [0.25, 0.3) is 0 Å². The summed E-state index contributed by atoms with van der Waals surface area (Å²) in [7, 11) is 0. The third kappa shape index (κ3) is 23.1. The monoisotopic (exact) mass is 448 g/mol. The van der Waals surface area contributed by atoms with Gasteiger partial charge in [-0.25, -0.2) is 0 Å². The Morgan fingerprint density at radius 3 is 0.957 bits per heavy atom. The maximum absolute atomic E-state index is 2.55. The van der Waals surface area contributed by atoms with Gasteiger partial charge in [-0.1, -0.05) is 0 Å². The molecular weight excluding hydrogens is 397 g/mol. The first-order valence-electron chi connectivity index (χ1n) is 10.8. The summed E-state index contributed by atoms with van der Waals surface area (Å²) in [5.41, 5.74) is 0. The molecule has 0 N–H and O–H groups in total. The second-order valence-electron chi connectivity index (χ2n) is 7.22. The first-order valence-corrected chi connectivity index (χ1v) is 20.3. The second kappa shape index (κ2) is 23.1. The van der Waals surface area contributed by atoms with Gasteiger partial charge in [0.2, 0.25) is 0 Å². The second-order valence-corrected chi connectivity index (χ2v) is 19.6. The molecule has 0 heterocycles. The summed E-state index contributed by atoms with van der Waals surface area (Å²) in [4.78, 5) is 0. The van der Waals surface area contributed by atoms with Crippen molar-refractivity contribution in [3.05, 3.63) is 0 Å². The Bertz CT molecular complexity index is 167. The molecule has 0 aliphatic heterocycles. The van der Waals surface area contributed by atoms with Gasteiger partial charge in [0, 0.05) is 0 Å². The first kappa shape index (κ1) is 26.3. The third-order valence-corrected chi connectivity index (χ3v) is 16.3. The molecule has 0 aromatic rings. The number of rotatable bonds is 15. The van der Waals surface area contributed by atoms with Crippen molar-refractivity contribution in [3.63, 3.8) is 0 Å². The van der Waals surface area contributed by atoms with Crippen molar-refractivity contribution in [1.82, 2.24) is 0 Å². The minimum atomic E-state index is -0.552. The van der Waals surface area contributed by atoms with Crippen LogP contribution in [0.3, 0.4) is 0 Å². The average molecular weight is 446 g/mol. The Hall–Kier alpha value is 1.09. The van der Waals surface area contributed by atoms with Gasteiger partial charge in [0.15, 0.2) is 0 Å². The number of unbranched alkanes of at least 4 members (excludes halogenated alkanes) is 5. The Morgan fingerprint density at radius 1 is 0.435 bits per heavy atom. The maximum atomic E-state index is 2.55. The number of hydrogen-bond acceptors (Lipinski definition) is 0. The van der Waals surface area contributed by atoms with E-state index in [1.165, 1.54) is 64.2 Å². The molecule has 0 aliphatic carbocycles. The first-order chi connectivity index (χ1) is 11.2. The van der Waals surface area contributed by atoms with E-state index >= 15 is 0 Å². The molecule has 0 bridgehead atoms. The van der Waals surface area contributed by atoms with Gasteiger partial charge in [-0.15, -0.1) is 0 Å². The quantitative estimate of drug-likeness (QED) is 0.221. The molecule has 2 radical (unpaired) electrons. The van der Waals surface area contributed by atoms with E-state index in [0.717, 1.165) is 0 Å². The fourth-order valence-electron chi connectivity index (χ4n) is 2.74. The number of hydrogen-bond donors (Lipinski definition) is 0. The molecule has 23 heavy (non-hydrogen) atoms. The summed E-state index contributed by atoms with van der Waals surface area (Å²) in [6.45, 7) is 11.6. The molecule has 2 heteroatoms. The van der Waals surface area contributed by atoms with E-state index < -0.39 is 28.7 Å². The van der Waals surface area contributed by atoms with E-state index in [1.54, 1.807) is 26.3 Å². The van der Waals surface area contributed by atoms with Crippen LogP contribution < -0.4 is 0 Å². The van der Waals surface area contributed by atoms with Crippen molar-refractivity contribution in [3.8, 4) is 0 Å². The van der Waals surface area contributed by atoms with E-state index in [4.69, 9.17) is 0 Å². The van der Waals surface area contributed by atoms with Crippen LogP contribution in [-0.4, -0.2) is 28.7 Å². The van der Waals surface area contributed by atoms with Crippen molar-refractivity contribution in [1.29, 1.82) is 0 Å². The van der Waals surface area contributed by atoms with Gasteiger partial charge >= 0.3 is 160 Å². The zero-order valence-electron chi connectivity index (χ0n) is 17.6. The van der Waals surface area contributed by atoms with E-state index in [0.29, 0.717) is 0 Å². The van der Waals surface area contributed by atoms with E-state index in [9.17, 15) is 0 Å². The topological polar surface area (TPSA) is 0 Å². The van der Waals surface area contributed by atoms with Crippen LogP contribution in [0.15, 0.2) is 0 Å². The van der Waals surface area contributed by atoms with Crippen LogP contribution in [0.4, 0.5) is 0 Å². The molecule has 0 unspecified atom stereocenters. The van der Waals surface area contributed by atoms with Crippen molar-refractivity contribution in [2.24, 2.45) is 0 Å².